The molecule has 1 saturated heterocycles. The van der Waals surface area contributed by atoms with Crippen LogP contribution in [-0.2, 0) is 4.74 Å². The first kappa shape index (κ1) is 14.7. The van der Waals surface area contributed by atoms with Crippen molar-refractivity contribution >= 4 is 5.91 Å². The molecule has 2 rings (SSSR count). The van der Waals surface area contributed by atoms with E-state index in [-0.39, 0.29) is 23.3 Å². The van der Waals surface area contributed by atoms with E-state index in [0.717, 1.165) is 6.42 Å². The number of benzene rings is 1. The van der Waals surface area contributed by atoms with Crippen molar-refractivity contribution in [1.29, 1.82) is 0 Å². The lowest BCUT2D eigenvalue weighted by Gasteiger charge is -2.36. The van der Waals surface area contributed by atoms with Gasteiger partial charge in [0.2, 0.25) is 0 Å². The molecule has 1 heterocycles. The molecule has 2 unspecified atom stereocenters. The number of carbonyl (C=O) groups excluding carboxylic acids is 1. The largest absolute Gasteiger partial charge is 0.507 e. The summed E-state index contributed by atoms with van der Waals surface area (Å²) in [4.78, 5) is 14.2. The van der Waals surface area contributed by atoms with E-state index in [1.807, 2.05) is 0 Å². The Morgan fingerprint density at radius 3 is 2.80 bits per heavy atom. The number of rotatable bonds is 3. The third-order valence-electron chi connectivity index (χ3n) is 3.91. The fourth-order valence-corrected chi connectivity index (χ4v) is 2.51. The monoisotopic (exact) mass is 279 g/mol. The molecule has 0 spiro atoms. The molecule has 1 aromatic carbocycles. The highest BCUT2D eigenvalue weighted by atomic mass is 16.5. The summed E-state index contributed by atoms with van der Waals surface area (Å²) in [6, 6.07) is 4.67. The highest BCUT2D eigenvalue weighted by Crippen LogP contribution is 2.27. The average Bonchev–Trinajstić information content (AvgIpc) is 2.47. The van der Waals surface area contributed by atoms with Gasteiger partial charge in [-0.15, -0.1) is 0 Å². The summed E-state index contributed by atoms with van der Waals surface area (Å²) in [6.45, 7) is 3.35. The number of piperidine rings is 1. The number of hydrogen-bond acceptors (Lipinski definition) is 4. The fraction of sp³-hybridized carbons (Fsp3) is 0.533. The van der Waals surface area contributed by atoms with Crippen LogP contribution in [0.3, 0.4) is 0 Å². The number of hydrogen-bond donors (Lipinski definition) is 1. The summed E-state index contributed by atoms with van der Waals surface area (Å²) in [5.74, 6) is 0.779. The number of phenols is 1. The van der Waals surface area contributed by atoms with Crippen LogP contribution in [0.1, 0.15) is 23.7 Å². The van der Waals surface area contributed by atoms with Crippen molar-refractivity contribution in [2.75, 3.05) is 27.3 Å². The number of amides is 1. The van der Waals surface area contributed by atoms with Crippen LogP contribution in [0.4, 0.5) is 0 Å². The normalized spacial score (nSPS) is 22.6. The van der Waals surface area contributed by atoms with Gasteiger partial charge in [0, 0.05) is 20.2 Å². The van der Waals surface area contributed by atoms with Crippen molar-refractivity contribution in [2.24, 2.45) is 5.92 Å². The predicted molar refractivity (Wildman–Crippen MR) is 75.1 cm³/mol. The van der Waals surface area contributed by atoms with Crippen molar-refractivity contribution in [3.05, 3.63) is 23.8 Å². The Labute approximate surface area is 119 Å². The Morgan fingerprint density at radius 2 is 2.15 bits per heavy atom. The van der Waals surface area contributed by atoms with Gasteiger partial charge in [0.1, 0.15) is 11.5 Å². The van der Waals surface area contributed by atoms with E-state index in [9.17, 15) is 9.90 Å². The van der Waals surface area contributed by atoms with E-state index in [4.69, 9.17) is 9.47 Å². The molecule has 20 heavy (non-hydrogen) atoms. The lowest BCUT2D eigenvalue weighted by molar-refractivity contribution is -0.00166. The molecule has 5 nitrogen and oxygen atoms in total. The predicted octanol–water partition coefficient (Wildman–Crippen LogP) is 1.90. The second kappa shape index (κ2) is 6.13. The van der Waals surface area contributed by atoms with Crippen LogP contribution >= 0.6 is 0 Å². The maximum Gasteiger partial charge on any atom is 0.257 e. The van der Waals surface area contributed by atoms with Crippen LogP contribution in [0.5, 0.6) is 11.5 Å². The number of phenolic OH excluding ortho intramolecular Hbond substituents is 1. The third-order valence-corrected chi connectivity index (χ3v) is 3.91. The molecule has 0 saturated carbocycles. The summed E-state index contributed by atoms with van der Waals surface area (Å²) < 4.78 is 10.5. The van der Waals surface area contributed by atoms with E-state index in [2.05, 4.69) is 6.92 Å². The van der Waals surface area contributed by atoms with Gasteiger partial charge < -0.3 is 19.5 Å². The van der Waals surface area contributed by atoms with Crippen LogP contribution < -0.4 is 4.74 Å². The summed E-state index contributed by atoms with van der Waals surface area (Å²) >= 11 is 0. The van der Waals surface area contributed by atoms with Gasteiger partial charge in [0.25, 0.3) is 5.91 Å². The van der Waals surface area contributed by atoms with Gasteiger partial charge in [-0.05, 0) is 30.5 Å². The first-order valence-corrected chi connectivity index (χ1v) is 6.76. The molecule has 110 valence electrons. The summed E-state index contributed by atoms with van der Waals surface area (Å²) in [6.07, 6.45) is 0.940. The highest BCUT2D eigenvalue weighted by Gasteiger charge is 2.30. The van der Waals surface area contributed by atoms with Crippen molar-refractivity contribution < 1.29 is 19.4 Å². The number of ether oxygens (including phenoxy) is 2. The van der Waals surface area contributed by atoms with Gasteiger partial charge in [-0.1, -0.05) is 6.92 Å². The zero-order valence-electron chi connectivity index (χ0n) is 12.1. The van der Waals surface area contributed by atoms with E-state index >= 15 is 0 Å². The Hall–Kier alpha value is -1.75. The summed E-state index contributed by atoms with van der Waals surface area (Å²) in [7, 11) is 3.20. The number of methoxy groups -OCH3 is 2. The molecule has 0 aliphatic carbocycles. The maximum absolute atomic E-state index is 12.5. The first-order valence-electron chi connectivity index (χ1n) is 6.76. The lowest BCUT2D eigenvalue weighted by atomic mass is 9.95. The number of likely N-dealkylation sites (tertiary alicyclic amines) is 1. The van der Waals surface area contributed by atoms with Crippen molar-refractivity contribution in [1.82, 2.24) is 4.90 Å². The standard InChI is InChI=1S/C15H21NO4/c1-10-6-7-16(9-14(10)20-3)15(18)12-8-11(19-2)4-5-13(12)17/h4-5,8,10,14,17H,6-7,9H2,1-3H3. The maximum atomic E-state index is 12.5. The van der Waals surface area contributed by atoms with Crippen molar-refractivity contribution in [3.8, 4) is 11.5 Å². The SMILES string of the molecule is COc1ccc(O)c(C(=O)N2CCC(C)C(OC)C2)c1. The quantitative estimate of drug-likeness (QED) is 0.918. The van der Waals surface area contributed by atoms with Crippen molar-refractivity contribution in [3.63, 3.8) is 0 Å². The molecule has 0 aromatic heterocycles. The molecule has 1 aliphatic rings. The minimum atomic E-state index is -0.185. The van der Waals surface area contributed by atoms with Gasteiger partial charge >= 0.3 is 0 Å². The minimum Gasteiger partial charge on any atom is -0.507 e. The number of aromatic hydroxyl groups is 1. The molecule has 1 fully saturated rings. The van der Waals surface area contributed by atoms with Crippen LogP contribution in [0.25, 0.3) is 0 Å². The Bertz CT molecular complexity index is 489. The van der Waals surface area contributed by atoms with Gasteiger partial charge in [0.05, 0.1) is 18.8 Å². The molecule has 5 heteroatoms. The molecule has 0 radical (unpaired) electrons. The van der Waals surface area contributed by atoms with E-state index in [1.54, 1.807) is 24.1 Å². The van der Waals surface area contributed by atoms with Crippen LogP contribution in [0.15, 0.2) is 18.2 Å². The number of carbonyl (C=O) groups is 1. The molecular weight excluding hydrogens is 258 g/mol. The summed E-state index contributed by atoms with van der Waals surface area (Å²) in [5, 5.41) is 9.87. The topological polar surface area (TPSA) is 59.0 Å². The Kier molecular flexibility index (Phi) is 4.49. The van der Waals surface area contributed by atoms with Crippen molar-refractivity contribution in [2.45, 2.75) is 19.4 Å². The average molecular weight is 279 g/mol. The lowest BCUT2D eigenvalue weighted by Crippen LogP contribution is -2.46. The zero-order chi connectivity index (χ0) is 14.7. The molecular formula is C15H21NO4. The molecule has 1 aliphatic heterocycles. The Morgan fingerprint density at radius 1 is 1.40 bits per heavy atom. The highest BCUT2D eigenvalue weighted by molar-refractivity contribution is 5.97. The van der Waals surface area contributed by atoms with Gasteiger partial charge in [-0.25, -0.2) is 0 Å². The zero-order valence-corrected chi connectivity index (χ0v) is 12.1. The van der Waals surface area contributed by atoms with Gasteiger partial charge in [-0.3, -0.25) is 4.79 Å². The summed E-state index contributed by atoms with van der Waals surface area (Å²) in [5.41, 5.74) is 0.272. The second-order valence-corrected chi connectivity index (χ2v) is 5.17. The molecule has 0 bridgehead atoms. The van der Waals surface area contributed by atoms with E-state index in [1.165, 1.54) is 13.2 Å². The number of nitrogens with zero attached hydrogens (tertiary/aromatic N) is 1. The van der Waals surface area contributed by atoms with E-state index < -0.39 is 0 Å². The molecule has 2 atom stereocenters. The van der Waals surface area contributed by atoms with Crippen LogP contribution in [-0.4, -0.2) is 49.3 Å². The van der Waals surface area contributed by atoms with E-state index in [0.29, 0.717) is 24.8 Å². The third kappa shape index (κ3) is 2.88. The fourth-order valence-electron chi connectivity index (χ4n) is 2.51. The van der Waals surface area contributed by atoms with Gasteiger partial charge in [0.15, 0.2) is 0 Å². The van der Waals surface area contributed by atoms with Gasteiger partial charge in [-0.2, -0.15) is 0 Å². The molecule has 1 aromatic rings. The smallest absolute Gasteiger partial charge is 0.257 e. The minimum absolute atomic E-state index is 0.0246. The second-order valence-electron chi connectivity index (χ2n) is 5.17. The van der Waals surface area contributed by atoms with Crippen LogP contribution in [0, 0.1) is 5.92 Å². The molecule has 1 N–H and O–H groups in total. The van der Waals surface area contributed by atoms with Crippen LogP contribution in [0.2, 0.25) is 0 Å². The first-order chi connectivity index (χ1) is 9.56. The Balaban J connectivity index is 2.19. The molecule has 1 amide bonds.